The van der Waals surface area contributed by atoms with Gasteiger partial charge in [-0.2, -0.15) is 0 Å². The zero-order chi connectivity index (χ0) is 14.5. The van der Waals surface area contributed by atoms with E-state index in [4.69, 9.17) is 9.84 Å². The van der Waals surface area contributed by atoms with Gasteiger partial charge in [0.15, 0.2) is 0 Å². The molecule has 108 valence electrons. The van der Waals surface area contributed by atoms with Gasteiger partial charge >= 0.3 is 12.1 Å². The van der Waals surface area contributed by atoms with E-state index in [9.17, 15) is 9.59 Å². The van der Waals surface area contributed by atoms with Crippen molar-refractivity contribution in [3.63, 3.8) is 0 Å². The second-order valence-corrected chi connectivity index (χ2v) is 5.08. The lowest BCUT2D eigenvalue weighted by molar-refractivity contribution is -0.143. The Morgan fingerprint density at radius 2 is 1.95 bits per heavy atom. The van der Waals surface area contributed by atoms with Crippen LogP contribution in [-0.2, 0) is 16.1 Å². The van der Waals surface area contributed by atoms with Gasteiger partial charge in [-0.25, -0.2) is 4.79 Å². The lowest BCUT2D eigenvalue weighted by Crippen LogP contribution is -2.40. The number of carboxylic acids is 1. The number of hydrogen-bond acceptors (Lipinski definition) is 3. The first-order chi connectivity index (χ1) is 9.58. The van der Waals surface area contributed by atoms with Crippen molar-refractivity contribution >= 4 is 12.1 Å². The molecule has 0 atom stereocenters. The average molecular weight is 277 g/mol. The largest absolute Gasteiger partial charge is 0.481 e. The number of carboxylic acid groups (broad SMARTS) is 1. The van der Waals surface area contributed by atoms with Gasteiger partial charge in [0.1, 0.15) is 6.61 Å². The number of aryl methyl sites for hydroxylation is 1. The van der Waals surface area contributed by atoms with Gasteiger partial charge in [0.25, 0.3) is 0 Å². The molecule has 1 amide bonds. The van der Waals surface area contributed by atoms with Crippen molar-refractivity contribution < 1.29 is 19.4 Å². The maximum Gasteiger partial charge on any atom is 0.410 e. The SMILES string of the molecule is Cc1ccccc1COC(=O)N1CCC(C(=O)O)CC1. The highest BCUT2D eigenvalue weighted by molar-refractivity contribution is 5.71. The summed E-state index contributed by atoms with van der Waals surface area (Å²) < 4.78 is 5.28. The topological polar surface area (TPSA) is 66.8 Å². The second-order valence-electron chi connectivity index (χ2n) is 5.08. The van der Waals surface area contributed by atoms with Crippen molar-refractivity contribution in [1.82, 2.24) is 4.90 Å². The van der Waals surface area contributed by atoms with Crippen LogP contribution < -0.4 is 0 Å². The maximum atomic E-state index is 11.9. The second kappa shape index (κ2) is 6.41. The molecule has 0 aliphatic carbocycles. The predicted octanol–water partition coefficient (Wildman–Crippen LogP) is 2.43. The third kappa shape index (κ3) is 3.50. The van der Waals surface area contributed by atoms with Gasteiger partial charge < -0.3 is 14.7 Å². The molecule has 0 saturated carbocycles. The average Bonchev–Trinajstić information content (AvgIpc) is 2.46. The Balaban J connectivity index is 1.82. The molecule has 1 fully saturated rings. The summed E-state index contributed by atoms with van der Waals surface area (Å²) in [5, 5.41) is 8.91. The van der Waals surface area contributed by atoms with Crippen molar-refractivity contribution in [2.75, 3.05) is 13.1 Å². The van der Waals surface area contributed by atoms with Crippen LogP contribution in [0.3, 0.4) is 0 Å². The smallest absolute Gasteiger partial charge is 0.410 e. The van der Waals surface area contributed by atoms with Crippen LogP contribution >= 0.6 is 0 Å². The van der Waals surface area contributed by atoms with E-state index < -0.39 is 5.97 Å². The molecule has 0 unspecified atom stereocenters. The van der Waals surface area contributed by atoms with Crippen molar-refractivity contribution in [2.45, 2.75) is 26.4 Å². The van der Waals surface area contributed by atoms with Crippen LogP contribution in [0.5, 0.6) is 0 Å². The number of aliphatic carboxylic acids is 1. The summed E-state index contributed by atoms with van der Waals surface area (Å²) in [5.41, 5.74) is 2.08. The Morgan fingerprint density at radius 1 is 1.30 bits per heavy atom. The van der Waals surface area contributed by atoms with Crippen LogP contribution in [0.1, 0.15) is 24.0 Å². The van der Waals surface area contributed by atoms with Gasteiger partial charge in [-0.3, -0.25) is 4.79 Å². The van der Waals surface area contributed by atoms with Gasteiger partial charge in [-0.05, 0) is 30.9 Å². The number of carbonyl (C=O) groups excluding carboxylic acids is 1. The molecule has 1 aromatic rings. The molecule has 0 aromatic heterocycles. The van der Waals surface area contributed by atoms with E-state index in [0.29, 0.717) is 25.9 Å². The molecular weight excluding hydrogens is 258 g/mol. The quantitative estimate of drug-likeness (QED) is 0.921. The number of piperidine rings is 1. The van der Waals surface area contributed by atoms with Crippen LogP contribution in [0.4, 0.5) is 4.79 Å². The zero-order valence-electron chi connectivity index (χ0n) is 11.5. The van der Waals surface area contributed by atoms with E-state index in [1.165, 1.54) is 0 Å². The van der Waals surface area contributed by atoms with E-state index in [1.54, 1.807) is 4.90 Å². The Morgan fingerprint density at radius 3 is 2.55 bits per heavy atom. The molecule has 1 aliphatic heterocycles. The molecule has 0 spiro atoms. The maximum absolute atomic E-state index is 11.9. The van der Waals surface area contributed by atoms with Gasteiger partial charge in [0.05, 0.1) is 5.92 Å². The van der Waals surface area contributed by atoms with Crippen molar-refractivity contribution in [3.8, 4) is 0 Å². The van der Waals surface area contributed by atoms with E-state index in [1.807, 2.05) is 31.2 Å². The van der Waals surface area contributed by atoms with Gasteiger partial charge in [0, 0.05) is 13.1 Å². The Bertz CT molecular complexity index is 492. The van der Waals surface area contributed by atoms with Crippen molar-refractivity contribution in [1.29, 1.82) is 0 Å². The first-order valence-corrected chi connectivity index (χ1v) is 6.77. The number of benzene rings is 1. The highest BCUT2D eigenvalue weighted by atomic mass is 16.6. The fraction of sp³-hybridized carbons (Fsp3) is 0.467. The molecule has 1 saturated heterocycles. The fourth-order valence-corrected chi connectivity index (χ4v) is 2.31. The first kappa shape index (κ1) is 14.4. The molecule has 1 aromatic carbocycles. The molecule has 2 rings (SSSR count). The third-order valence-corrected chi connectivity index (χ3v) is 3.71. The van der Waals surface area contributed by atoms with Gasteiger partial charge in [-0.1, -0.05) is 24.3 Å². The van der Waals surface area contributed by atoms with Crippen molar-refractivity contribution in [3.05, 3.63) is 35.4 Å². The van der Waals surface area contributed by atoms with Gasteiger partial charge in [0.2, 0.25) is 0 Å². The Labute approximate surface area is 118 Å². The standard InChI is InChI=1S/C15H19NO4/c1-11-4-2-3-5-13(11)10-20-15(19)16-8-6-12(7-9-16)14(17)18/h2-5,12H,6-10H2,1H3,(H,17,18). The number of rotatable bonds is 3. The summed E-state index contributed by atoms with van der Waals surface area (Å²) >= 11 is 0. The minimum Gasteiger partial charge on any atom is -0.481 e. The Kier molecular flexibility index (Phi) is 4.61. The number of ether oxygens (including phenoxy) is 1. The molecule has 5 heteroatoms. The first-order valence-electron chi connectivity index (χ1n) is 6.77. The molecule has 0 radical (unpaired) electrons. The van der Waals surface area contributed by atoms with Crippen LogP contribution in [-0.4, -0.2) is 35.2 Å². The van der Waals surface area contributed by atoms with Crippen molar-refractivity contribution in [2.24, 2.45) is 5.92 Å². The Hall–Kier alpha value is -2.04. The number of likely N-dealkylation sites (tertiary alicyclic amines) is 1. The summed E-state index contributed by atoms with van der Waals surface area (Å²) in [6, 6.07) is 7.76. The van der Waals surface area contributed by atoms with E-state index in [-0.39, 0.29) is 18.6 Å². The molecule has 1 N–H and O–H groups in total. The van der Waals surface area contributed by atoms with Crippen LogP contribution in [0, 0.1) is 12.8 Å². The van der Waals surface area contributed by atoms with Crippen LogP contribution in [0.25, 0.3) is 0 Å². The monoisotopic (exact) mass is 277 g/mol. The third-order valence-electron chi connectivity index (χ3n) is 3.71. The fourth-order valence-electron chi connectivity index (χ4n) is 2.31. The lowest BCUT2D eigenvalue weighted by Gasteiger charge is -2.29. The molecule has 1 aliphatic rings. The minimum absolute atomic E-state index is 0.254. The number of carbonyl (C=O) groups is 2. The molecule has 5 nitrogen and oxygen atoms in total. The number of hydrogen-bond donors (Lipinski definition) is 1. The summed E-state index contributed by atoms with van der Waals surface area (Å²) in [7, 11) is 0. The van der Waals surface area contributed by atoms with E-state index >= 15 is 0 Å². The predicted molar refractivity (Wildman–Crippen MR) is 73.3 cm³/mol. The normalized spacial score (nSPS) is 15.9. The summed E-state index contributed by atoms with van der Waals surface area (Å²) in [6.07, 6.45) is 0.626. The lowest BCUT2D eigenvalue weighted by atomic mass is 9.97. The molecule has 1 heterocycles. The zero-order valence-corrected chi connectivity index (χ0v) is 11.5. The molecule has 0 bridgehead atoms. The summed E-state index contributed by atoms with van der Waals surface area (Å²) in [5.74, 6) is -1.12. The number of nitrogens with zero attached hydrogens (tertiary/aromatic N) is 1. The minimum atomic E-state index is -0.780. The van der Waals surface area contributed by atoms with E-state index in [0.717, 1.165) is 11.1 Å². The molecular formula is C15H19NO4. The number of amides is 1. The summed E-state index contributed by atoms with van der Waals surface area (Å²) in [4.78, 5) is 24.3. The highest BCUT2D eigenvalue weighted by Crippen LogP contribution is 2.18. The highest BCUT2D eigenvalue weighted by Gasteiger charge is 2.27. The van der Waals surface area contributed by atoms with Gasteiger partial charge in [-0.15, -0.1) is 0 Å². The van der Waals surface area contributed by atoms with Crippen LogP contribution in [0.2, 0.25) is 0 Å². The summed E-state index contributed by atoms with van der Waals surface area (Å²) in [6.45, 7) is 3.12. The molecule has 20 heavy (non-hydrogen) atoms. The van der Waals surface area contributed by atoms with E-state index in [2.05, 4.69) is 0 Å². The van der Waals surface area contributed by atoms with Crippen LogP contribution in [0.15, 0.2) is 24.3 Å².